The maximum absolute atomic E-state index is 12.6. The monoisotopic (exact) mass is 318 g/mol. The Kier molecular flexibility index (Phi) is 5.24. The number of ketones is 1. The minimum absolute atomic E-state index is 0.155. The Morgan fingerprint density at radius 1 is 0.875 bits per heavy atom. The maximum atomic E-state index is 12.6. The second-order valence-electron chi connectivity index (χ2n) is 6.11. The van der Waals surface area contributed by atoms with Crippen molar-refractivity contribution in [1.29, 1.82) is 0 Å². The van der Waals surface area contributed by atoms with Crippen molar-refractivity contribution in [2.24, 2.45) is 7.05 Å². The average molecular weight is 318 g/mol. The highest BCUT2D eigenvalue weighted by atomic mass is 16.1. The fourth-order valence-corrected chi connectivity index (χ4v) is 2.81. The number of nitrogens with zero attached hydrogens (tertiary/aromatic N) is 2. The van der Waals surface area contributed by atoms with Gasteiger partial charge in [0.15, 0.2) is 5.78 Å². The summed E-state index contributed by atoms with van der Waals surface area (Å²) in [6.07, 6.45) is 3.79. The summed E-state index contributed by atoms with van der Waals surface area (Å²) >= 11 is 0. The molecular weight excluding hydrogens is 296 g/mol. The molecule has 0 radical (unpaired) electrons. The van der Waals surface area contributed by atoms with Gasteiger partial charge in [0.2, 0.25) is 0 Å². The molecule has 0 atom stereocenters. The van der Waals surface area contributed by atoms with Crippen molar-refractivity contribution in [3.63, 3.8) is 0 Å². The Hall–Kier alpha value is -2.65. The summed E-state index contributed by atoms with van der Waals surface area (Å²) in [5.41, 5.74) is 3.20. The van der Waals surface area contributed by atoms with Crippen molar-refractivity contribution >= 4 is 5.78 Å². The van der Waals surface area contributed by atoms with Gasteiger partial charge < -0.3 is 4.57 Å². The van der Waals surface area contributed by atoms with Crippen molar-refractivity contribution in [3.05, 3.63) is 95.8 Å². The molecule has 0 unspecified atom stereocenters. The summed E-state index contributed by atoms with van der Waals surface area (Å²) in [5, 5.41) is 0. The van der Waals surface area contributed by atoms with Gasteiger partial charge in [-0.3, -0.25) is 9.69 Å². The minimum atomic E-state index is 0.155. The van der Waals surface area contributed by atoms with Crippen molar-refractivity contribution in [2.45, 2.75) is 13.1 Å². The molecule has 0 aliphatic carbocycles. The van der Waals surface area contributed by atoms with Crippen LogP contribution in [0.5, 0.6) is 0 Å². The molecule has 2 aromatic carbocycles. The molecule has 0 aliphatic heterocycles. The van der Waals surface area contributed by atoms with Crippen LogP contribution >= 0.6 is 0 Å². The molecule has 0 amide bonds. The first-order valence-corrected chi connectivity index (χ1v) is 8.16. The number of benzene rings is 2. The molecule has 0 spiro atoms. The van der Waals surface area contributed by atoms with Gasteiger partial charge >= 0.3 is 0 Å². The predicted molar refractivity (Wildman–Crippen MR) is 96.7 cm³/mol. The van der Waals surface area contributed by atoms with Gasteiger partial charge in [0, 0.05) is 38.1 Å². The summed E-state index contributed by atoms with van der Waals surface area (Å²) in [6, 6.07) is 22.5. The van der Waals surface area contributed by atoms with E-state index < -0.39 is 0 Å². The highest BCUT2D eigenvalue weighted by molar-refractivity contribution is 5.97. The number of carbonyl (C=O) groups excluding carboxylic acids is 1. The topological polar surface area (TPSA) is 25.2 Å². The molecule has 0 aliphatic rings. The standard InChI is InChI=1S/C21H22N2O/c1-22-13-12-20(16-22)21(24)17-23(14-18-8-4-2-5-9-18)15-19-10-6-3-7-11-19/h2-13,16H,14-15,17H2,1H3. The summed E-state index contributed by atoms with van der Waals surface area (Å²) in [5.74, 6) is 0.155. The third-order valence-corrected chi connectivity index (χ3v) is 4.02. The molecule has 1 heterocycles. The summed E-state index contributed by atoms with van der Waals surface area (Å²) in [7, 11) is 1.93. The van der Waals surface area contributed by atoms with E-state index in [9.17, 15) is 4.79 Å². The highest BCUT2D eigenvalue weighted by Crippen LogP contribution is 2.12. The van der Waals surface area contributed by atoms with Crippen LogP contribution in [0.3, 0.4) is 0 Å². The van der Waals surface area contributed by atoms with E-state index in [1.807, 2.05) is 66.5 Å². The largest absolute Gasteiger partial charge is 0.357 e. The lowest BCUT2D eigenvalue weighted by molar-refractivity contribution is 0.0920. The first-order valence-electron chi connectivity index (χ1n) is 8.16. The van der Waals surface area contributed by atoms with Gasteiger partial charge in [-0.1, -0.05) is 60.7 Å². The third kappa shape index (κ3) is 4.43. The molecular formula is C21H22N2O. The zero-order valence-electron chi connectivity index (χ0n) is 13.9. The lowest BCUT2D eigenvalue weighted by atomic mass is 10.1. The Balaban J connectivity index is 1.74. The normalized spacial score (nSPS) is 10.9. The molecule has 3 heteroatoms. The fraction of sp³-hybridized carbons (Fsp3) is 0.190. The highest BCUT2D eigenvalue weighted by Gasteiger charge is 2.14. The average Bonchev–Trinajstić information content (AvgIpc) is 3.03. The van der Waals surface area contributed by atoms with Crippen LogP contribution in [0.15, 0.2) is 79.1 Å². The van der Waals surface area contributed by atoms with Gasteiger partial charge in [0.05, 0.1) is 6.54 Å². The van der Waals surface area contributed by atoms with Crippen LogP contribution in [0.25, 0.3) is 0 Å². The lowest BCUT2D eigenvalue weighted by Gasteiger charge is -2.21. The zero-order valence-corrected chi connectivity index (χ0v) is 13.9. The first kappa shape index (κ1) is 16.2. The molecule has 122 valence electrons. The van der Waals surface area contributed by atoms with Crippen molar-refractivity contribution < 1.29 is 4.79 Å². The van der Waals surface area contributed by atoms with Crippen LogP contribution in [0.2, 0.25) is 0 Å². The molecule has 3 nitrogen and oxygen atoms in total. The second kappa shape index (κ2) is 7.75. The number of hydrogen-bond donors (Lipinski definition) is 0. The SMILES string of the molecule is Cn1ccc(C(=O)CN(Cc2ccccc2)Cc2ccccc2)c1. The van der Waals surface area contributed by atoms with E-state index in [1.165, 1.54) is 11.1 Å². The van der Waals surface area contributed by atoms with Gasteiger partial charge in [0.25, 0.3) is 0 Å². The van der Waals surface area contributed by atoms with Crippen LogP contribution in [-0.4, -0.2) is 21.8 Å². The molecule has 0 saturated carbocycles. The van der Waals surface area contributed by atoms with Gasteiger partial charge in [-0.05, 0) is 17.2 Å². The van der Waals surface area contributed by atoms with Gasteiger partial charge in [-0.15, -0.1) is 0 Å². The van der Waals surface area contributed by atoms with E-state index in [2.05, 4.69) is 29.2 Å². The molecule has 24 heavy (non-hydrogen) atoms. The van der Waals surface area contributed by atoms with Gasteiger partial charge in [0.1, 0.15) is 0 Å². The van der Waals surface area contributed by atoms with E-state index in [-0.39, 0.29) is 5.78 Å². The van der Waals surface area contributed by atoms with Crippen LogP contribution < -0.4 is 0 Å². The number of carbonyl (C=O) groups is 1. The van der Waals surface area contributed by atoms with E-state index in [1.54, 1.807) is 0 Å². The molecule has 3 rings (SSSR count). The number of aromatic nitrogens is 1. The number of rotatable bonds is 7. The maximum Gasteiger partial charge on any atom is 0.178 e. The van der Waals surface area contributed by atoms with E-state index >= 15 is 0 Å². The molecule has 3 aromatic rings. The van der Waals surface area contributed by atoms with Crippen LogP contribution in [0.1, 0.15) is 21.5 Å². The summed E-state index contributed by atoms with van der Waals surface area (Å²) in [4.78, 5) is 14.8. The Morgan fingerprint density at radius 3 is 1.88 bits per heavy atom. The molecule has 0 N–H and O–H groups in total. The summed E-state index contributed by atoms with van der Waals surface area (Å²) in [6.45, 7) is 1.93. The fourth-order valence-electron chi connectivity index (χ4n) is 2.81. The Labute approximate surface area is 143 Å². The predicted octanol–water partition coefficient (Wildman–Crippen LogP) is 3.91. The van der Waals surface area contributed by atoms with E-state index in [4.69, 9.17) is 0 Å². The van der Waals surface area contributed by atoms with Crippen LogP contribution in [-0.2, 0) is 20.1 Å². The summed E-state index contributed by atoms with van der Waals surface area (Å²) < 4.78 is 1.91. The van der Waals surface area contributed by atoms with Crippen molar-refractivity contribution in [1.82, 2.24) is 9.47 Å². The number of hydrogen-bond acceptors (Lipinski definition) is 2. The number of Topliss-reactive ketones (excluding diaryl/α,β-unsaturated/α-hetero) is 1. The number of aryl methyl sites for hydroxylation is 1. The molecule has 0 fully saturated rings. The lowest BCUT2D eigenvalue weighted by Crippen LogP contribution is -2.29. The van der Waals surface area contributed by atoms with Crippen LogP contribution in [0, 0.1) is 0 Å². The Bertz CT molecular complexity index is 736. The second-order valence-corrected chi connectivity index (χ2v) is 6.11. The minimum Gasteiger partial charge on any atom is -0.357 e. The van der Waals surface area contributed by atoms with E-state index in [0.717, 1.165) is 18.7 Å². The van der Waals surface area contributed by atoms with Crippen LogP contribution in [0.4, 0.5) is 0 Å². The quantitative estimate of drug-likeness (QED) is 0.617. The first-order chi connectivity index (χ1) is 11.7. The smallest absolute Gasteiger partial charge is 0.178 e. The van der Waals surface area contributed by atoms with Gasteiger partial charge in [-0.2, -0.15) is 0 Å². The molecule has 0 bridgehead atoms. The molecule has 0 saturated heterocycles. The van der Waals surface area contributed by atoms with Crippen molar-refractivity contribution in [3.8, 4) is 0 Å². The van der Waals surface area contributed by atoms with Crippen molar-refractivity contribution in [2.75, 3.05) is 6.54 Å². The third-order valence-electron chi connectivity index (χ3n) is 4.02. The van der Waals surface area contributed by atoms with Gasteiger partial charge in [-0.25, -0.2) is 0 Å². The zero-order chi connectivity index (χ0) is 16.8. The molecule has 1 aromatic heterocycles. The van der Waals surface area contributed by atoms with E-state index in [0.29, 0.717) is 6.54 Å². The Morgan fingerprint density at radius 2 is 1.42 bits per heavy atom.